The number of hydrogen-bond acceptors (Lipinski definition) is 4. The van der Waals surface area contributed by atoms with Crippen molar-refractivity contribution >= 4 is 33.3 Å². The quantitative estimate of drug-likeness (QED) is 0.576. The molecular weight excluding hydrogens is 372 g/mol. The Morgan fingerprint density at radius 2 is 2.04 bits per heavy atom. The number of allylic oxidation sites excluding steroid dienone is 2. The Morgan fingerprint density at radius 1 is 1.29 bits per heavy atom. The second-order valence-corrected chi connectivity index (χ2v) is 6.55. The average Bonchev–Trinajstić information content (AvgIpc) is 3.09. The van der Waals surface area contributed by atoms with Crippen LogP contribution in [0.1, 0.15) is 30.6 Å². The molecule has 0 fully saturated rings. The minimum absolute atomic E-state index is 0.237. The van der Waals surface area contributed by atoms with E-state index in [1.54, 1.807) is 31.4 Å². The highest BCUT2D eigenvalue weighted by Crippen LogP contribution is 2.40. The van der Waals surface area contributed by atoms with Crippen LogP contribution in [0.15, 0.2) is 57.6 Å². The first-order valence-corrected chi connectivity index (χ1v) is 8.60. The van der Waals surface area contributed by atoms with E-state index in [9.17, 15) is 9.59 Å². The van der Waals surface area contributed by atoms with Crippen LogP contribution >= 0.6 is 15.9 Å². The maximum Gasteiger partial charge on any atom is 0.317 e. The van der Waals surface area contributed by atoms with Crippen LogP contribution in [0, 0.1) is 5.92 Å². The van der Waals surface area contributed by atoms with Crippen LogP contribution < -0.4 is 0 Å². The van der Waals surface area contributed by atoms with E-state index in [0.717, 1.165) is 15.6 Å². The molecule has 24 heavy (non-hydrogen) atoms. The lowest BCUT2D eigenvalue weighted by Crippen LogP contribution is -2.33. The summed E-state index contributed by atoms with van der Waals surface area (Å²) in [4.78, 5) is 24.9. The molecular formula is C19H17BrO4. The number of carbonyl (C=O) groups is 2. The Kier molecular flexibility index (Phi) is 5.00. The smallest absolute Gasteiger partial charge is 0.317 e. The highest BCUT2D eigenvalue weighted by molar-refractivity contribution is 9.10. The SMILES string of the molecule is CCOC(=O)[C@H]1C(=O)C=C(c2ccc(Br)cc2)C[C@H]1c1ccco1. The lowest BCUT2D eigenvalue weighted by molar-refractivity contribution is -0.151. The normalized spacial score (nSPS) is 20.6. The summed E-state index contributed by atoms with van der Waals surface area (Å²) >= 11 is 3.41. The zero-order valence-corrected chi connectivity index (χ0v) is 14.8. The molecule has 0 aliphatic heterocycles. The fourth-order valence-electron chi connectivity index (χ4n) is 3.02. The number of hydrogen-bond donors (Lipinski definition) is 0. The molecule has 2 aromatic rings. The molecule has 3 rings (SSSR count). The van der Waals surface area contributed by atoms with Gasteiger partial charge in [-0.3, -0.25) is 9.59 Å². The third kappa shape index (κ3) is 3.36. The van der Waals surface area contributed by atoms with Gasteiger partial charge in [0.15, 0.2) is 5.78 Å². The standard InChI is InChI=1S/C19H17BrO4/c1-2-23-19(22)18-15(17-4-3-9-24-17)10-13(11-16(18)21)12-5-7-14(20)8-6-12/h3-9,11,15,18H,2,10H2,1H3/t15-,18+/m0/s1. The van der Waals surface area contributed by atoms with Gasteiger partial charge in [0, 0.05) is 10.4 Å². The summed E-state index contributed by atoms with van der Waals surface area (Å²) in [6.07, 6.45) is 3.66. The number of ketones is 1. The van der Waals surface area contributed by atoms with Crippen molar-refractivity contribution < 1.29 is 18.7 Å². The number of benzene rings is 1. The number of ether oxygens (including phenoxy) is 1. The highest BCUT2D eigenvalue weighted by atomic mass is 79.9. The highest BCUT2D eigenvalue weighted by Gasteiger charge is 2.41. The molecule has 2 atom stereocenters. The van der Waals surface area contributed by atoms with E-state index in [1.165, 1.54) is 0 Å². The first-order chi connectivity index (χ1) is 11.6. The van der Waals surface area contributed by atoms with Gasteiger partial charge in [-0.15, -0.1) is 0 Å². The summed E-state index contributed by atoms with van der Waals surface area (Å²) < 4.78 is 11.6. The third-order valence-electron chi connectivity index (χ3n) is 4.13. The molecule has 0 radical (unpaired) electrons. The molecule has 0 spiro atoms. The molecule has 1 aromatic heterocycles. The van der Waals surface area contributed by atoms with Crippen molar-refractivity contribution in [2.45, 2.75) is 19.3 Å². The minimum atomic E-state index is -0.852. The maximum absolute atomic E-state index is 12.6. The Labute approximate surface area is 148 Å². The summed E-state index contributed by atoms with van der Waals surface area (Å²) in [5.74, 6) is -1.30. The van der Waals surface area contributed by atoms with Crippen LogP contribution in [0.2, 0.25) is 0 Å². The van der Waals surface area contributed by atoms with E-state index in [2.05, 4.69) is 15.9 Å². The van der Waals surface area contributed by atoms with Crippen molar-refractivity contribution in [2.75, 3.05) is 6.61 Å². The van der Waals surface area contributed by atoms with Crippen LogP contribution in [0.4, 0.5) is 0 Å². The summed E-state index contributed by atoms with van der Waals surface area (Å²) in [6, 6.07) is 11.3. The molecule has 1 aromatic carbocycles. The van der Waals surface area contributed by atoms with Gasteiger partial charge in [0.05, 0.1) is 12.9 Å². The van der Waals surface area contributed by atoms with E-state index < -0.39 is 11.9 Å². The Balaban J connectivity index is 1.98. The monoisotopic (exact) mass is 388 g/mol. The van der Waals surface area contributed by atoms with Crippen molar-refractivity contribution in [2.24, 2.45) is 5.92 Å². The molecule has 0 saturated carbocycles. The van der Waals surface area contributed by atoms with Gasteiger partial charge in [-0.05, 0) is 54.8 Å². The Bertz CT molecular complexity index is 759. The van der Waals surface area contributed by atoms with Gasteiger partial charge in [0.1, 0.15) is 11.7 Å². The molecule has 0 bridgehead atoms. The molecule has 1 aliphatic carbocycles. The molecule has 1 heterocycles. The van der Waals surface area contributed by atoms with Crippen LogP contribution in [-0.4, -0.2) is 18.4 Å². The first-order valence-electron chi connectivity index (χ1n) is 7.80. The fraction of sp³-hybridized carbons (Fsp3) is 0.263. The second kappa shape index (κ2) is 7.18. The van der Waals surface area contributed by atoms with Gasteiger partial charge in [-0.25, -0.2) is 0 Å². The predicted octanol–water partition coefficient (Wildman–Crippen LogP) is 4.36. The number of esters is 1. The lowest BCUT2D eigenvalue weighted by Gasteiger charge is -2.27. The van der Waals surface area contributed by atoms with E-state index in [1.807, 2.05) is 24.3 Å². The first kappa shape index (κ1) is 16.7. The van der Waals surface area contributed by atoms with Crippen molar-refractivity contribution in [3.63, 3.8) is 0 Å². The van der Waals surface area contributed by atoms with Gasteiger partial charge < -0.3 is 9.15 Å². The van der Waals surface area contributed by atoms with Gasteiger partial charge in [-0.1, -0.05) is 28.1 Å². The zero-order chi connectivity index (χ0) is 17.1. The topological polar surface area (TPSA) is 56.5 Å². The molecule has 124 valence electrons. The average molecular weight is 389 g/mol. The second-order valence-electron chi connectivity index (χ2n) is 5.63. The predicted molar refractivity (Wildman–Crippen MR) is 93.3 cm³/mol. The Morgan fingerprint density at radius 3 is 2.67 bits per heavy atom. The van der Waals surface area contributed by atoms with Crippen molar-refractivity contribution in [1.29, 1.82) is 0 Å². The summed E-state index contributed by atoms with van der Waals surface area (Å²) in [5.41, 5.74) is 1.86. The molecule has 0 N–H and O–H groups in total. The largest absolute Gasteiger partial charge is 0.469 e. The minimum Gasteiger partial charge on any atom is -0.469 e. The number of carbonyl (C=O) groups excluding carboxylic acids is 2. The number of furan rings is 1. The lowest BCUT2D eigenvalue weighted by atomic mass is 9.76. The van der Waals surface area contributed by atoms with E-state index >= 15 is 0 Å². The summed E-state index contributed by atoms with van der Waals surface area (Å²) in [6.45, 7) is 1.98. The number of halogens is 1. The van der Waals surface area contributed by atoms with E-state index in [-0.39, 0.29) is 18.3 Å². The molecule has 4 nitrogen and oxygen atoms in total. The molecule has 0 unspecified atom stereocenters. The summed E-state index contributed by atoms with van der Waals surface area (Å²) in [7, 11) is 0. The van der Waals surface area contributed by atoms with Crippen molar-refractivity contribution in [1.82, 2.24) is 0 Å². The van der Waals surface area contributed by atoms with E-state index in [0.29, 0.717) is 12.2 Å². The summed E-state index contributed by atoms with van der Waals surface area (Å²) in [5, 5.41) is 0. The molecule has 5 heteroatoms. The van der Waals surface area contributed by atoms with Gasteiger partial charge >= 0.3 is 5.97 Å². The van der Waals surface area contributed by atoms with Crippen LogP contribution in [-0.2, 0) is 14.3 Å². The molecule has 1 aliphatic rings. The third-order valence-corrected chi connectivity index (χ3v) is 4.66. The molecule has 0 saturated heterocycles. The fourth-order valence-corrected chi connectivity index (χ4v) is 3.28. The van der Waals surface area contributed by atoms with Gasteiger partial charge in [-0.2, -0.15) is 0 Å². The van der Waals surface area contributed by atoms with Crippen LogP contribution in [0.25, 0.3) is 5.57 Å². The molecule has 0 amide bonds. The zero-order valence-electron chi connectivity index (χ0n) is 13.2. The van der Waals surface area contributed by atoms with Gasteiger partial charge in [0.2, 0.25) is 0 Å². The number of rotatable bonds is 4. The van der Waals surface area contributed by atoms with Crippen LogP contribution in [0.3, 0.4) is 0 Å². The van der Waals surface area contributed by atoms with Crippen LogP contribution in [0.5, 0.6) is 0 Å². The maximum atomic E-state index is 12.6. The van der Waals surface area contributed by atoms with Crippen molar-refractivity contribution in [3.05, 3.63) is 64.5 Å². The van der Waals surface area contributed by atoms with Crippen molar-refractivity contribution in [3.8, 4) is 0 Å². The Hall–Kier alpha value is -2.14. The van der Waals surface area contributed by atoms with Gasteiger partial charge in [0.25, 0.3) is 0 Å². The van der Waals surface area contributed by atoms with E-state index in [4.69, 9.17) is 9.15 Å².